The molecule has 1 aliphatic rings. The highest BCUT2D eigenvalue weighted by molar-refractivity contribution is 6.08. The van der Waals surface area contributed by atoms with E-state index >= 15 is 0 Å². The van der Waals surface area contributed by atoms with E-state index in [0.717, 1.165) is 30.2 Å². The number of alkyl halides is 3. The van der Waals surface area contributed by atoms with Crippen LogP contribution < -0.4 is 4.90 Å². The third-order valence-electron chi connectivity index (χ3n) is 4.74. The lowest BCUT2D eigenvalue weighted by molar-refractivity contribution is -0.137. The van der Waals surface area contributed by atoms with Crippen LogP contribution in [0.15, 0.2) is 48.5 Å². The van der Waals surface area contributed by atoms with Crippen molar-refractivity contribution in [3.63, 3.8) is 0 Å². The fraction of sp³-hybridized carbons (Fsp3) is 0.350. The minimum Gasteiger partial charge on any atom is -0.305 e. The Hall–Kier alpha value is -2.30. The largest absolute Gasteiger partial charge is 0.417 e. The molecule has 0 spiro atoms. The molecule has 1 amide bonds. The molecule has 0 aromatic heterocycles. The van der Waals surface area contributed by atoms with Gasteiger partial charge in [0.15, 0.2) is 0 Å². The van der Waals surface area contributed by atoms with Crippen LogP contribution in [0.5, 0.6) is 0 Å². The number of hydrogen-bond donors (Lipinski definition) is 0. The van der Waals surface area contributed by atoms with Gasteiger partial charge in [-0.1, -0.05) is 44.2 Å². The van der Waals surface area contributed by atoms with Gasteiger partial charge in [-0.2, -0.15) is 13.2 Å². The number of halogens is 3. The summed E-state index contributed by atoms with van der Waals surface area (Å²) >= 11 is 0. The number of fused-ring (bicyclic) bond motifs is 1. The monoisotopic (exact) mass is 347 g/mol. The SMILES string of the molecule is CC(C)C1CCc2ccccc2N1C(=O)c1ccccc1C(F)(F)F. The maximum absolute atomic E-state index is 13.4. The van der Waals surface area contributed by atoms with Crippen LogP contribution in [0.2, 0.25) is 0 Å². The average Bonchev–Trinajstić information content (AvgIpc) is 2.59. The van der Waals surface area contributed by atoms with Crippen molar-refractivity contribution in [2.75, 3.05) is 4.90 Å². The van der Waals surface area contributed by atoms with E-state index in [1.165, 1.54) is 18.2 Å². The second-order valence-corrected chi connectivity index (χ2v) is 6.70. The standard InChI is InChI=1S/C20H20F3NO/c1-13(2)17-12-11-14-7-3-6-10-18(14)24(17)19(25)15-8-4-5-9-16(15)20(21,22)23/h3-10,13,17H,11-12H2,1-2H3. The van der Waals surface area contributed by atoms with Crippen LogP contribution in [-0.4, -0.2) is 11.9 Å². The van der Waals surface area contributed by atoms with Crippen molar-refractivity contribution >= 4 is 11.6 Å². The lowest BCUT2D eigenvalue weighted by atomic mass is 9.88. The molecule has 1 heterocycles. The van der Waals surface area contributed by atoms with Crippen molar-refractivity contribution in [3.05, 3.63) is 65.2 Å². The smallest absolute Gasteiger partial charge is 0.305 e. The highest BCUT2D eigenvalue weighted by Crippen LogP contribution is 2.37. The number of nitrogens with zero attached hydrogens (tertiary/aromatic N) is 1. The maximum atomic E-state index is 13.4. The van der Waals surface area contributed by atoms with E-state index in [2.05, 4.69) is 0 Å². The topological polar surface area (TPSA) is 20.3 Å². The Morgan fingerprint density at radius 1 is 1.08 bits per heavy atom. The van der Waals surface area contributed by atoms with Crippen molar-refractivity contribution in [1.29, 1.82) is 0 Å². The Bertz CT molecular complexity index is 783. The van der Waals surface area contributed by atoms with Crippen molar-refractivity contribution in [2.24, 2.45) is 5.92 Å². The summed E-state index contributed by atoms with van der Waals surface area (Å²) in [4.78, 5) is 14.7. The van der Waals surface area contributed by atoms with Crippen LogP contribution in [0, 0.1) is 5.92 Å². The summed E-state index contributed by atoms with van der Waals surface area (Å²) in [6, 6.07) is 12.3. The van der Waals surface area contributed by atoms with Crippen LogP contribution in [0.1, 0.15) is 41.8 Å². The molecular formula is C20H20F3NO. The molecule has 25 heavy (non-hydrogen) atoms. The van der Waals surface area contributed by atoms with Crippen LogP contribution in [-0.2, 0) is 12.6 Å². The zero-order valence-electron chi connectivity index (χ0n) is 14.2. The van der Waals surface area contributed by atoms with Crippen LogP contribution in [0.25, 0.3) is 0 Å². The normalized spacial score (nSPS) is 17.5. The van der Waals surface area contributed by atoms with Gasteiger partial charge in [0, 0.05) is 11.7 Å². The van der Waals surface area contributed by atoms with E-state index in [1.54, 1.807) is 4.90 Å². The van der Waals surface area contributed by atoms with Crippen molar-refractivity contribution < 1.29 is 18.0 Å². The highest BCUT2D eigenvalue weighted by atomic mass is 19.4. The molecule has 2 nitrogen and oxygen atoms in total. The van der Waals surface area contributed by atoms with E-state index < -0.39 is 17.6 Å². The Kier molecular flexibility index (Phi) is 4.58. The zero-order chi connectivity index (χ0) is 18.2. The molecule has 0 saturated carbocycles. The number of amides is 1. The van der Waals surface area contributed by atoms with Gasteiger partial charge >= 0.3 is 6.18 Å². The molecule has 1 aliphatic heterocycles. The summed E-state index contributed by atoms with van der Waals surface area (Å²) in [7, 11) is 0. The summed E-state index contributed by atoms with van der Waals surface area (Å²) in [6.07, 6.45) is -2.99. The average molecular weight is 347 g/mol. The minimum atomic E-state index is -4.56. The molecule has 0 radical (unpaired) electrons. The molecule has 0 saturated heterocycles. The minimum absolute atomic E-state index is 0.122. The predicted octanol–water partition coefficient (Wildman–Crippen LogP) is 5.32. The number of hydrogen-bond acceptors (Lipinski definition) is 1. The first kappa shape index (κ1) is 17.5. The zero-order valence-corrected chi connectivity index (χ0v) is 14.2. The predicted molar refractivity (Wildman–Crippen MR) is 91.6 cm³/mol. The van der Waals surface area contributed by atoms with Crippen LogP contribution in [0.3, 0.4) is 0 Å². The van der Waals surface area contributed by atoms with Gasteiger partial charge in [0.2, 0.25) is 0 Å². The molecule has 0 fully saturated rings. The number of benzene rings is 2. The number of anilines is 1. The van der Waals surface area contributed by atoms with Crippen molar-refractivity contribution in [2.45, 2.75) is 38.9 Å². The van der Waals surface area contributed by atoms with E-state index in [4.69, 9.17) is 0 Å². The molecule has 1 unspecified atom stereocenters. The highest BCUT2D eigenvalue weighted by Gasteiger charge is 2.39. The molecule has 2 aromatic carbocycles. The number of para-hydroxylation sites is 1. The Labute approximate surface area is 145 Å². The Morgan fingerprint density at radius 3 is 2.40 bits per heavy atom. The summed E-state index contributed by atoms with van der Waals surface area (Å²) < 4.78 is 40.1. The van der Waals surface area contributed by atoms with Crippen LogP contribution in [0.4, 0.5) is 18.9 Å². The van der Waals surface area contributed by atoms with Gasteiger partial charge in [-0.05, 0) is 42.5 Å². The lowest BCUT2D eigenvalue weighted by Crippen LogP contribution is -2.47. The fourth-order valence-electron chi connectivity index (χ4n) is 3.51. The van der Waals surface area contributed by atoms with Gasteiger partial charge in [0.05, 0.1) is 11.1 Å². The summed E-state index contributed by atoms with van der Waals surface area (Å²) in [5.41, 5.74) is 0.537. The number of aryl methyl sites for hydroxylation is 1. The van der Waals surface area contributed by atoms with E-state index in [9.17, 15) is 18.0 Å². The van der Waals surface area contributed by atoms with Crippen molar-refractivity contribution in [3.8, 4) is 0 Å². The van der Waals surface area contributed by atoms with Gasteiger partial charge in [0.25, 0.3) is 5.91 Å². The molecular weight excluding hydrogens is 327 g/mol. The summed E-state index contributed by atoms with van der Waals surface area (Å²) in [5, 5.41) is 0. The third kappa shape index (κ3) is 3.28. The lowest BCUT2D eigenvalue weighted by Gasteiger charge is -2.40. The second-order valence-electron chi connectivity index (χ2n) is 6.70. The second kappa shape index (κ2) is 6.54. The molecule has 132 valence electrons. The third-order valence-corrected chi connectivity index (χ3v) is 4.74. The first-order valence-corrected chi connectivity index (χ1v) is 8.38. The van der Waals surface area contributed by atoms with Gasteiger partial charge in [-0.25, -0.2) is 0 Å². The number of carbonyl (C=O) groups excluding carboxylic acids is 1. The van der Waals surface area contributed by atoms with E-state index in [1.807, 2.05) is 38.1 Å². The summed E-state index contributed by atoms with van der Waals surface area (Å²) in [5.74, 6) is -0.436. The van der Waals surface area contributed by atoms with Crippen molar-refractivity contribution in [1.82, 2.24) is 0 Å². The van der Waals surface area contributed by atoms with E-state index in [0.29, 0.717) is 0 Å². The summed E-state index contributed by atoms with van der Waals surface area (Å²) in [6.45, 7) is 3.99. The first-order chi connectivity index (χ1) is 11.8. The Morgan fingerprint density at radius 2 is 1.72 bits per heavy atom. The molecule has 5 heteroatoms. The molecule has 2 aromatic rings. The Balaban J connectivity index is 2.12. The molecule has 0 N–H and O–H groups in total. The maximum Gasteiger partial charge on any atom is 0.417 e. The first-order valence-electron chi connectivity index (χ1n) is 8.38. The van der Waals surface area contributed by atoms with Gasteiger partial charge in [-0.15, -0.1) is 0 Å². The number of rotatable bonds is 2. The quantitative estimate of drug-likeness (QED) is 0.720. The fourth-order valence-corrected chi connectivity index (χ4v) is 3.51. The van der Waals surface area contributed by atoms with Crippen LogP contribution >= 0.6 is 0 Å². The van der Waals surface area contributed by atoms with Gasteiger partial charge in [0.1, 0.15) is 0 Å². The molecule has 0 aliphatic carbocycles. The van der Waals surface area contributed by atoms with Gasteiger partial charge < -0.3 is 4.90 Å². The molecule has 1 atom stereocenters. The molecule has 0 bridgehead atoms. The molecule has 3 rings (SSSR count). The van der Waals surface area contributed by atoms with Gasteiger partial charge in [-0.3, -0.25) is 4.79 Å². The van der Waals surface area contributed by atoms with E-state index in [-0.39, 0.29) is 17.5 Å². The number of carbonyl (C=O) groups is 1.